The van der Waals surface area contributed by atoms with Gasteiger partial charge < -0.3 is 14.0 Å². The summed E-state index contributed by atoms with van der Waals surface area (Å²) in [5.41, 5.74) is 0.456. The predicted molar refractivity (Wildman–Crippen MR) is 154 cm³/mol. The second-order valence-electron chi connectivity index (χ2n) is 9.29. The maximum Gasteiger partial charge on any atom is 0.416 e. The molecule has 4 aromatic rings. The molecule has 1 aromatic heterocycles. The van der Waals surface area contributed by atoms with E-state index in [0.29, 0.717) is 40.8 Å². The largest absolute Gasteiger partial charge is 0.416 e. The minimum Gasteiger partial charge on any atom is -0.379 e. The number of rotatable bonds is 11. The summed E-state index contributed by atoms with van der Waals surface area (Å²) in [6, 6.07) is 17.2. The summed E-state index contributed by atoms with van der Waals surface area (Å²) < 4.78 is 85.5. The van der Waals surface area contributed by atoms with Crippen LogP contribution in [-0.4, -0.2) is 32.3 Å². The van der Waals surface area contributed by atoms with E-state index in [1.165, 1.54) is 34.4 Å². The van der Waals surface area contributed by atoms with Gasteiger partial charge in [-0.25, -0.2) is 4.39 Å². The molecule has 12 heteroatoms. The van der Waals surface area contributed by atoms with Crippen molar-refractivity contribution in [3.63, 3.8) is 0 Å². The van der Waals surface area contributed by atoms with Crippen molar-refractivity contribution in [1.29, 1.82) is 0 Å². The summed E-state index contributed by atoms with van der Waals surface area (Å²) in [6.45, 7) is 5.02. The van der Waals surface area contributed by atoms with E-state index in [2.05, 4.69) is 0 Å². The molecule has 222 valence electrons. The first-order valence-corrected chi connectivity index (χ1v) is 15.3. The first kappa shape index (κ1) is 31.0. The molecule has 0 radical (unpaired) electrons. The van der Waals surface area contributed by atoms with E-state index < -0.39 is 32.6 Å². The first-order chi connectivity index (χ1) is 19.9. The Morgan fingerprint density at radius 1 is 0.905 bits per heavy atom. The molecule has 1 amide bonds. The van der Waals surface area contributed by atoms with Crippen molar-refractivity contribution in [2.45, 2.75) is 38.0 Å². The average Bonchev–Trinajstić information content (AvgIpc) is 3.50. The zero-order valence-electron chi connectivity index (χ0n) is 22.8. The smallest absolute Gasteiger partial charge is 0.379 e. The highest BCUT2D eigenvalue weighted by Crippen LogP contribution is 2.33. The molecule has 6 nitrogen and oxygen atoms in total. The van der Waals surface area contributed by atoms with Crippen molar-refractivity contribution in [2.24, 2.45) is 0 Å². The van der Waals surface area contributed by atoms with Crippen LogP contribution < -0.4 is 9.08 Å². The Bertz CT molecular complexity index is 1620. The summed E-state index contributed by atoms with van der Waals surface area (Å²) in [5, 5.41) is 1.75. The third kappa shape index (κ3) is 7.48. The molecular weight excluding hydrogens is 592 g/mol. The van der Waals surface area contributed by atoms with Crippen molar-refractivity contribution >= 4 is 33.0 Å². The lowest BCUT2D eigenvalue weighted by atomic mass is 10.1. The van der Waals surface area contributed by atoms with Gasteiger partial charge in [0.15, 0.2) is 0 Å². The van der Waals surface area contributed by atoms with E-state index in [4.69, 9.17) is 4.18 Å². The van der Waals surface area contributed by atoms with Crippen molar-refractivity contribution in [2.75, 3.05) is 18.0 Å². The molecular formula is C30H28F4N2O4S2. The van der Waals surface area contributed by atoms with Crippen molar-refractivity contribution in [3.05, 3.63) is 112 Å². The molecule has 0 saturated carbocycles. The molecule has 0 aliphatic carbocycles. The fourth-order valence-electron chi connectivity index (χ4n) is 4.30. The van der Waals surface area contributed by atoms with Crippen LogP contribution in [0.4, 0.5) is 23.2 Å². The van der Waals surface area contributed by atoms with Crippen LogP contribution >= 0.6 is 11.3 Å². The number of hydrogen-bond donors (Lipinski definition) is 0. The van der Waals surface area contributed by atoms with Gasteiger partial charge in [-0.15, -0.1) is 11.3 Å². The molecule has 0 aliphatic rings. The van der Waals surface area contributed by atoms with E-state index in [1.54, 1.807) is 41.8 Å². The molecule has 42 heavy (non-hydrogen) atoms. The zero-order valence-corrected chi connectivity index (χ0v) is 24.4. The van der Waals surface area contributed by atoms with Crippen LogP contribution in [0.1, 0.15) is 40.2 Å². The molecule has 3 aromatic carbocycles. The maximum absolute atomic E-state index is 13.5. The van der Waals surface area contributed by atoms with E-state index in [1.807, 2.05) is 18.7 Å². The summed E-state index contributed by atoms with van der Waals surface area (Å²) in [5.74, 6) is -0.897. The Hall–Kier alpha value is -3.90. The van der Waals surface area contributed by atoms with Crippen LogP contribution in [0.15, 0.2) is 89.1 Å². The van der Waals surface area contributed by atoms with Crippen LogP contribution in [0.25, 0.3) is 0 Å². The van der Waals surface area contributed by atoms with Gasteiger partial charge in [0.2, 0.25) is 0 Å². The summed E-state index contributed by atoms with van der Waals surface area (Å²) in [7, 11) is -4.70. The Labute approximate surface area is 245 Å². The van der Waals surface area contributed by atoms with Gasteiger partial charge in [0.25, 0.3) is 5.91 Å². The number of carbonyl (C=O) groups is 1. The third-order valence-electron chi connectivity index (χ3n) is 6.50. The van der Waals surface area contributed by atoms with Gasteiger partial charge in [0.05, 0.1) is 17.0 Å². The Morgan fingerprint density at radius 3 is 2.24 bits per heavy atom. The van der Waals surface area contributed by atoms with Crippen LogP contribution in [0.3, 0.4) is 0 Å². The third-order valence-corrected chi connectivity index (χ3v) is 8.58. The average molecular weight is 621 g/mol. The second-order valence-corrected chi connectivity index (χ2v) is 11.8. The predicted octanol–water partition coefficient (Wildman–Crippen LogP) is 7.36. The van der Waals surface area contributed by atoms with Gasteiger partial charge in [-0.2, -0.15) is 21.6 Å². The SMILES string of the molecule is CCN(CC)c1ccc(CN(Cc2ccc(F)cc2)C(=O)c2cccs2)c(OS(=O)(=O)c2cccc(C(F)(F)F)c2)c1. The normalized spacial score (nSPS) is 11.8. The fraction of sp³-hybridized carbons (Fsp3) is 0.233. The maximum atomic E-state index is 13.5. The van der Waals surface area contributed by atoms with Gasteiger partial charge in [-0.3, -0.25) is 4.79 Å². The lowest BCUT2D eigenvalue weighted by Gasteiger charge is -2.26. The Balaban J connectivity index is 1.75. The van der Waals surface area contributed by atoms with Crippen molar-refractivity contribution < 1.29 is 35.0 Å². The highest BCUT2D eigenvalue weighted by Gasteiger charge is 2.32. The van der Waals surface area contributed by atoms with Crippen LogP contribution in [0, 0.1) is 5.82 Å². The summed E-state index contributed by atoms with van der Waals surface area (Å²) in [4.78, 5) is 16.7. The minimum absolute atomic E-state index is 0.0780. The van der Waals surface area contributed by atoms with E-state index >= 15 is 0 Å². The topological polar surface area (TPSA) is 66.9 Å². The lowest BCUT2D eigenvalue weighted by Crippen LogP contribution is -2.30. The molecule has 0 N–H and O–H groups in total. The Kier molecular flexibility index (Phi) is 9.57. The number of halogens is 4. The molecule has 1 heterocycles. The quantitative estimate of drug-likeness (QED) is 0.130. The highest BCUT2D eigenvalue weighted by molar-refractivity contribution is 7.87. The van der Waals surface area contributed by atoms with E-state index in [9.17, 15) is 30.8 Å². The molecule has 0 aliphatic heterocycles. The number of thiophene rings is 1. The zero-order chi connectivity index (χ0) is 30.5. The van der Waals surface area contributed by atoms with Gasteiger partial charge in [0, 0.05) is 37.0 Å². The summed E-state index contributed by atoms with van der Waals surface area (Å²) >= 11 is 1.23. The molecule has 4 rings (SSSR count). The van der Waals surface area contributed by atoms with Crippen LogP contribution in [0.5, 0.6) is 5.75 Å². The second kappa shape index (κ2) is 13.0. The molecule has 0 saturated heterocycles. The van der Waals surface area contributed by atoms with Crippen molar-refractivity contribution in [1.82, 2.24) is 4.90 Å². The Morgan fingerprint density at radius 2 is 1.62 bits per heavy atom. The molecule has 0 bridgehead atoms. The van der Waals surface area contributed by atoms with E-state index in [-0.39, 0.29) is 24.7 Å². The number of anilines is 1. The first-order valence-electron chi connectivity index (χ1n) is 13.0. The number of nitrogens with zero attached hydrogens (tertiary/aromatic N) is 2. The van der Waals surface area contributed by atoms with Gasteiger partial charge in [-0.1, -0.05) is 30.3 Å². The van der Waals surface area contributed by atoms with Crippen LogP contribution in [0.2, 0.25) is 0 Å². The van der Waals surface area contributed by atoms with Gasteiger partial charge in [-0.05, 0) is 67.3 Å². The minimum atomic E-state index is -4.75. The van der Waals surface area contributed by atoms with E-state index in [0.717, 1.165) is 18.2 Å². The number of carbonyl (C=O) groups excluding carboxylic acids is 1. The highest BCUT2D eigenvalue weighted by atomic mass is 32.2. The van der Waals surface area contributed by atoms with Gasteiger partial charge in [0.1, 0.15) is 16.5 Å². The fourth-order valence-corrected chi connectivity index (χ4v) is 6.00. The molecule has 0 atom stereocenters. The monoisotopic (exact) mass is 620 g/mol. The number of benzene rings is 3. The number of amides is 1. The molecule has 0 fully saturated rings. The lowest BCUT2D eigenvalue weighted by molar-refractivity contribution is -0.137. The molecule has 0 spiro atoms. The number of hydrogen-bond acceptors (Lipinski definition) is 6. The summed E-state index contributed by atoms with van der Waals surface area (Å²) in [6.07, 6.45) is -4.75. The van der Waals surface area contributed by atoms with Crippen molar-refractivity contribution in [3.8, 4) is 5.75 Å². The molecule has 0 unspecified atom stereocenters. The van der Waals surface area contributed by atoms with Crippen LogP contribution in [-0.2, 0) is 29.4 Å². The van der Waals surface area contributed by atoms with Gasteiger partial charge >= 0.3 is 16.3 Å². The standard InChI is InChI=1S/C30H28F4N2O4S2/c1-3-35(4-2)25-15-12-22(27(18-25)40-42(38,39)26-8-5-7-23(17-26)30(32,33)34)20-36(29(37)28-9-6-16-41-28)19-21-10-13-24(31)14-11-21/h5-18H,3-4,19-20H2,1-2H3. The number of alkyl halides is 3.